The van der Waals surface area contributed by atoms with Crippen molar-refractivity contribution in [2.75, 3.05) is 0 Å². The molecule has 0 N–H and O–H groups in total. The smallest absolute Gasteiger partial charge is 0.302 e. The topological polar surface area (TPSA) is 26.3 Å². The molecule has 2 nitrogen and oxygen atoms in total. The van der Waals surface area contributed by atoms with Gasteiger partial charge in [0.1, 0.15) is 6.10 Å². The SMILES string of the molecule is CC(=O)O[C@@H]1CC[C@H]2C3C=CC(C3)[C@@H]12. The third kappa shape index (κ3) is 1.06. The van der Waals surface area contributed by atoms with Crippen molar-refractivity contribution in [1.29, 1.82) is 0 Å². The Morgan fingerprint density at radius 3 is 2.86 bits per heavy atom. The second-order valence-electron chi connectivity index (χ2n) is 4.91. The van der Waals surface area contributed by atoms with Crippen molar-refractivity contribution in [2.45, 2.75) is 32.3 Å². The molecule has 3 aliphatic rings. The lowest BCUT2D eigenvalue weighted by Crippen LogP contribution is -2.27. The first-order chi connectivity index (χ1) is 6.75. The second kappa shape index (κ2) is 2.85. The quantitative estimate of drug-likeness (QED) is 0.470. The minimum absolute atomic E-state index is 0.109. The predicted octanol–water partition coefficient (Wildman–Crippen LogP) is 2.15. The van der Waals surface area contributed by atoms with Gasteiger partial charge in [0, 0.05) is 12.8 Å². The highest BCUT2D eigenvalue weighted by molar-refractivity contribution is 5.66. The van der Waals surface area contributed by atoms with Crippen molar-refractivity contribution in [3.8, 4) is 0 Å². The summed E-state index contributed by atoms with van der Waals surface area (Å²) in [6.45, 7) is 1.52. The van der Waals surface area contributed by atoms with E-state index in [1.807, 2.05) is 0 Å². The van der Waals surface area contributed by atoms with Crippen LogP contribution in [-0.4, -0.2) is 12.1 Å². The molecule has 0 heterocycles. The van der Waals surface area contributed by atoms with E-state index in [4.69, 9.17) is 4.74 Å². The van der Waals surface area contributed by atoms with Crippen LogP contribution in [0.15, 0.2) is 12.2 Å². The van der Waals surface area contributed by atoms with Gasteiger partial charge in [0.05, 0.1) is 0 Å². The molecule has 0 radical (unpaired) electrons. The zero-order valence-corrected chi connectivity index (χ0v) is 8.48. The molecular formula is C12H16O2. The molecule has 0 amide bonds. The molecule has 2 unspecified atom stereocenters. The number of carbonyl (C=O) groups is 1. The van der Waals surface area contributed by atoms with E-state index in [1.54, 1.807) is 0 Å². The molecule has 0 spiro atoms. The Bertz CT molecular complexity index is 295. The Morgan fingerprint density at radius 2 is 2.07 bits per heavy atom. The van der Waals surface area contributed by atoms with Crippen LogP contribution < -0.4 is 0 Å². The van der Waals surface area contributed by atoms with Gasteiger partial charge in [-0.25, -0.2) is 0 Å². The first-order valence-corrected chi connectivity index (χ1v) is 5.61. The van der Waals surface area contributed by atoms with Crippen molar-refractivity contribution >= 4 is 5.97 Å². The lowest BCUT2D eigenvalue weighted by atomic mass is 9.85. The van der Waals surface area contributed by atoms with E-state index in [9.17, 15) is 4.79 Å². The maximum Gasteiger partial charge on any atom is 0.302 e. The number of carbonyl (C=O) groups excluding carboxylic acids is 1. The van der Waals surface area contributed by atoms with Crippen LogP contribution in [0.1, 0.15) is 26.2 Å². The van der Waals surface area contributed by atoms with Gasteiger partial charge in [-0.15, -0.1) is 0 Å². The summed E-state index contributed by atoms with van der Waals surface area (Å²) in [4.78, 5) is 11.0. The molecule has 0 aromatic heterocycles. The van der Waals surface area contributed by atoms with Gasteiger partial charge in [0.2, 0.25) is 0 Å². The van der Waals surface area contributed by atoms with Gasteiger partial charge < -0.3 is 4.74 Å². The highest BCUT2D eigenvalue weighted by atomic mass is 16.5. The van der Waals surface area contributed by atoms with Crippen LogP contribution in [0.3, 0.4) is 0 Å². The molecule has 3 rings (SSSR count). The van der Waals surface area contributed by atoms with E-state index in [0.717, 1.165) is 18.3 Å². The summed E-state index contributed by atoms with van der Waals surface area (Å²) >= 11 is 0. The molecule has 0 aromatic carbocycles. The number of fused-ring (bicyclic) bond motifs is 5. The van der Waals surface area contributed by atoms with Crippen LogP contribution in [0.5, 0.6) is 0 Å². The van der Waals surface area contributed by atoms with Crippen molar-refractivity contribution in [2.24, 2.45) is 23.7 Å². The normalized spacial score (nSPS) is 48.2. The average Bonchev–Trinajstić information content (AvgIpc) is 2.74. The van der Waals surface area contributed by atoms with Gasteiger partial charge in [0.25, 0.3) is 0 Å². The van der Waals surface area contributed by atoms with Gasteiger partial charge >= 0.3 is 5.97 Å². The van der Waals surface area contributed by atoms with Crippen molar-refractivity contribution in [3.63, 3.8) is 0 Å². The first-order valence-electron chi connectivity index (χ1n) is 5.61. The summed E-state index contributed by atoms with van der Waals surface area (Å²) in [7, 11) is 0. The molecule has 3 aliphatic carbocycles. The molecular weight excluding hydrogens is 176 g/mol. The van der Waals surface area contributed by atoms with E-state index < -0.39 is 0 Å². The van der Waals surface area contributed by atoms with Gasteiger partial charge in [-0.2, -0.15) is 0 Å². The molecule has 2 heteroatoms. The van der Waals surface area contributed by atoms with Crippen molar-refractivity contribution < 1.29 is 9.53 Å². The monoisotopic (exact) mass is 192 g/mol. The number of esters is 1. The Kier molecular flexibility index (Phi) is 1.73. The van der Waals surface area contributed by atoms with Crippen molar-refractivity contribution in [1.82, 2.24) is 0 Å². The summed E-state index contributed by atoms with van der Waals surface area (Å²) in [6.07, 6.45) is 8.60. The van der Waals surface area contributed by atoms with Gasteiger partial charge in [0.15, 0.2) is 0 Å². The van der Waals surface area contributed by atoms with Crippen molar-refractivity contribution in [3.05, 3.63) is 12.2 Å². The van der Waals surface area contributed by atoms with Crippen LogP contribution in [0.2, 0.25) is 0 Å². The Morgan fingerprint density at radius 1 is 1.29 bits per heavy atom. The van der Waals surface area contributed by atoms with E-state index in [0.29, 0.717) is 11.8 Å². The zero-order valence-electron chi connectivity index (χ0n) is 8.48. The van der Waals surface area contributed by atoms with Crippen LogP contribution >= 0.6 is 0 Å². The third-order valence-electron chi connectivity index (χ3n) is 4.22. The highest BCUT2D eigenvalue weighted by Crippen LogP contribution is 2.56. The van der Waals surface area contributed by atoms with E-state index in [-0.39, 0.29) is 12.1 Å². The minimum Gasteiger partial charge on any atom is -0.462 e. The fourth-order valence-electron chi connectivity index (χ4n) is 3.82. The molecule has 0 aliphatic heterocycles. The van der Waals surface area contributed by atoms with Gasteiger partial charge in [-0.3, -0.25) is 4.79 Å². The maximum atomic E-state index is 11.0. The summed E-state index contributed by atoms with van der Waals surface area (Å²) < 4.78 is 5.40. The lowest BCUT2D eigenvalue weighted by Gasteiger charge is -2.25. The Labute approximate surface area is 84.3 Å². The molecule has 5 atom stereocenters. The number of rotatable bonds is 1. The molecule has 0 aromatic rings. The van der Waals surface area contributed by atoms with Gasteiger partial charge in [-0.05, 0) is 37.0 Å². The molecule has 0 saturated heterocycles. The second-order valence-corrected chi connectivity index (χ2v) is 4.91. The van der Waals surface area contributed by atoms with Crippen LogP contribution in [0, 0.1) is 23.7 Å². The van der Waals surface area contributed by atoms with E-state index >= 15 is 0 Å². The molecule has 2 fully saturated rings. The zero-order chi connectivity index (χ0) is 9.71. The van der Waals surface area contributed by atoms with Crippen LogP contribution in [0.25, 0.3) is 0 Å². The summed E-state index contributed by atoms with van der Waals surface area (Å²) in [6, 6.07) is 0. The molecule has 2 bridgehead atoms. The number of ether oxygens (including phenoxy) is 1. The standard InChI is InChI=1S/C12H16O2/c1-7(13)14-11-5-4-10-8-2-3-9(6-8)12(10)11/h2-3,8-12H,4-6H2,1H3/t8?,9?,10-,11+,12+/m0/s1. The lowest BCUT2D eigenvalue weighted by molar-refractivity contribution is -0.148. The Hall–Kier alpha value is -0.790. The Balaban J connectivity index is 1.79. The number of hydrogen-bond donors (Lipinski definition) is 0. The highest BCUT2D eigenvalue weighted by Gasteiger charge is 2.52. The predicted molar refractivity (Wildman–Crippen MR) is 52.5 cm³/mol. The van der Waals surface area contributed by atoms with E-state index in [1.165, 1.54) is 19.8 Å². The summed E-state index contributed by atoms with van der Waals surface area (Å²) in [5.74, 6) is 2.85. The maximum absolute atomic E-state index is 11.0. The summed E-state index contributed by atoms with van der Waals surface area (Å²) in [5.41, 5.74) is 0. The van der Waals surface area contributed by atoms with Gasteiger partial charge in [-0.1, -0.05) is 12.2 Å². The number of hydrogen-bond acceptors (Lipinski definition) is 2. The third-order valence-corrected chi connectivity index (χ3v) is 4.22. The summed E-state index contributed by atoms with van der Waals surface area (Å²) in [5, 5.41) is 0. The van der Waals surface area contributed by atoms with E-state index in [2.05, 4.69) is 12.2 Å². The first kappa shape index (κ1) is 8.51. The number of allylic oxidation sites excluding steroid dienone is 2. The average molecular weight is 192 g/mol. The molecule has 14 heavy (non-hydrogen) atoms. The fraction of sp³-hybridized carbons (Fsp3) is 0.750. The largest absolute Gasteiger partial charge is 0.462 e. The molecule has 76 valence electrons. The molecule has 2 saturated carbocycles. The van der Waals surface area contributed by atoms with Crippen LogP contribution in [-0.2, 0) is 9.53 Å². The van der Waals surface area contributed by atoms with Crippen LogP contribution in [0.4, 0.5) is 0 Å². The fourth-order valence-corrected chi connectivity index (χ4v) is 3.82. The minimum atomic E-state index is -0.109.